The molecule has 0 unspecified atom stereocenters. The van der Waals surface area contributed by atoms with E-state index in [4.69, 9.17) is 0 Å². The maximum absolute atomic E-state index is 13.3. The Labute approximate surface area is 189 Å². The van der Waals surface area contributed by atoms with Crippen LogP contribution >= 0.6 is 0 Å². The Bertz CT molecular complexity index is 960. The second-order valence-electron chi connectivity index (χ2n) is 9.10. The molecule has 4 heterocycles. The molecule has 2 fully saturated rings. The lowest BCUT2D eigenvalue weighted by atomic mass is 9.83. The smallest absolute Gasteiger partial charge is 0.236 e. The van der Waals surface area contributed by atoms with Crippen LogP contribution in [0.15, 0.2) is 48.8 Å². The highest BCUT2D eigenvalue weighted by Gasteiger charge is 2.41. The van der Waals surface area contributed by atoms with E-state index in [0.29, 0.717) is 13.1 Å². The maximum atomic E-state index is 13.3. The van der Waals surface area contributed by atoms with Crippen molar-refractivity contribution in [3.8, 4) is 0 Å². The predicted molar refractivity (Wildman–Crippen MR) is 123 cm³/mol. The number of hydrogen-bond donors (Lipinski definition) is 1. The molecule has 0 spiro atoms. The molecule has 7 heteroatoms. The van der Waals surface area contributed by atoms with Crippen LogP contribution in [0, 0.1) is 5.92 Å². The number of rotatable bonds is 5. The number of benzene rings is 1. The summed E-state index contributed by atoms with van der Waals surface area (Å²) in [6.45, 7) is 5.11. The molecule has 0 radical (unpaired) electrons. The van der Waals surface area contributed by atoms with Gasteiger partial charge in [0.05, 0.1) is 18.5 Å². The third kappa shape index (κ3) is 4.35. The molecule has 3 aliphatic rings. The average Bonchev–Trinajstić information content (AvgIpc) is 3.38. The first-order valence-electron chi connectivity index (χ1n) is 11.7. The van der Waals surface area contributed by atoms with Gasteiger partial charge in [0.2, 0.25) is 11.8 Å². The third-order valence-corrected chi connectivity index (χ3v) is 7.05. The van der Waals surface area contributed by atoms with Crippen molar-refractivity contribution in [3.63, 3.8) is 0 Å². The van der Waals surface area contributed by atoms with E-state index in [0.717, 1.165) is 57.5 Å². The summed E-state index contributed by atoms with van der Waals surface area (Å²) in [5.41, 5.74) is 3.46. The molecule has 1 aromatic carbocycles. The fourth-order valence-corrected chi connectivity index (χ4v) is 5.34. The van der Waals surface area contributed by atoms with E-state index in [2.05, 4.69) is 44.4 Å². The number of nitrogens with zero attached hydrogens (tertiary/aromatic N) is 4. The first-order valence-corrected chi connectivity index (χ1v) is 11.7. The Balaban J connectivity index is 1.31. The number of piperazine rings is 1. The second kappa shape index (κ2) is 9.28. The lowest BCUT2D eigenvalue weighted by Gasteiger charge is -2.49. The summed E-state index contributed by atoms with van der Waals surface area (Å²) in [4.78, 5) is 36.8. The molecular formula is C25H31N5O2. The Morgan fingerprint density at radius 1 is 1.03 bits per heavy atom. The van der Waals surface area contributed by atoms with Crippen molar-refractivity contribution in [1.82, 2.24) is 20.1 Å². The lowest BCUT2D eigenvalue weighted by Crippen LogP contribution is -2.62. The molecule has 32 heavy (non-hydrogen) atoms. The van der Waals surface area contributed by atoms with Gasteiger partial charge < -0.3 is 15.1 Å². The number of anilines is 1. The molecule has 0 aliphatic carbocycles. The van der Waals surface area contributed by atoms with E-state index in [1.807, 2.05) is 17.0 Å². The summed E-state index contributed by atoms with van der Waals surface area (Å²) in [6.07, 6.45) is 6.47. The predicted octanol–water partition coefficient (Wildman–Crippen LogP) is 1.68. The molecule has 2 aromatic rings. The summed E-state index contributed by atoms with van der Waals surface area (Å²) in [6, 6.07) is 12.3. The fraction of sp³-hybridized carbons (Fsp3) is 0.480. The van der Waals surface area contributed by atoms with E-state index in [9.17, 15) is 9.59 Å². The number of carbonyl (C=O) groups is 2. The molecule has 168 valence electrons. The van der Waals surface area contributed by atoms with Crippen molar-refractivity contribution in [1.29, 1.82) is 0 Å². The van der Waals surface area contributed by atoms with Crippen LogP contribution in [0.25, 0.3) is 0 Å². The van der Waals surface area contributed by atoms with Crippen LogP contribution in [0.4, 0.5) is 5.69 Å². The maximum Gasteiger partial charge on any atom is 0.236 e. The zero-order valence-electron chi connectivity index (χ0n) is 18.4. The van der Waals surface area contributed by atoms with Crippen LogP contribution in [0.1, 0.15) is 24.0 Å². The van der Waals surface area contributed by atoms with E-state index in [-0.39, 0.29) is 23.8 Å². The summed E-state index contributed by atoms with van der Waals surface area (Å²) >= 11 is 0. The molecule has 2 atom stereocenters. The summed E-state index contributed by atoms with van der Waals surface area (Å²) in [7, 11) is 0. The van der Waals surface area contributed by atoms with Gasteiger partial charge in [-0.25, -0.2) is 0 Å². The number of fused-ring (bicyclic) bond motifs is 3. The molecule has 3 aliphatic heterocycles. The van der Waals surface area contributed by atoms with Crippen LogP contribution in [0.2, 0.25) is 0 Å². The fourth-order valence-electron chi connectivity index (χ4n) is 5.34. The first-order chi connectivity index (χ1) is 15.7. The van der Waals surface area contributed by atoms with Crippen molar-refractivity contribution in [2.45, 2.75) is 31.8 Å². The van der Waals surface area contributed by atoms with E-state index in [1.165, 1.54) is 11.3 Å². The highest BCUT2D eigenvalue weighted by atomic mass is 16.2. The van der Waals surface area contributed by atoms with Gasteiger partial charge in [0.1, 0.15) is 0 Å². The number of carbonyl (C=O) groups excluding carboxylic acids is 2. The number of pyridine rings is 1. The van der Waals surface area contributed by atoms with Gasteiger partial charge in [0.15, 0.2) is 0 Å². The highest BCUT2D eigenvalue weighted by Crippen LogP contribution is 2.36. The van der Waals surface area contributed by atoms with Gasteiger partial charge in [0.25, 0.3) is 0 Å². The van der Waals surface area contributed by atoms with Gasteiger partial charge >= 0.3 is 0 Å². The number of likely N-dealkylation sites (tertiary alicyclic amines) is 1. The minimum absolute atomic E-state index is 0.0685. The number of aromatic nitrogens is 1. The number of hydrogen-bond acceptors (Lipinski definition) is 5. The Kier molecular flexibility index (Phi) is 6.08. The molecule has 1 N–H and O–H groups in total. The number of nitrogens with one attached hydrogen (secondary N) is 1. The van der Waals surface area contributed by atoms with Crippen LogP contribution in [0.3, 0.4) is 0 Å². The van der Waals surface area contributed by atoms with Gasteiger partial charge in [-0.05, 0) is 42.5 Å². The Morgan fingerprint density at radius 3 is 2.69 bits per heavy atom. The van der Waals surface area contributed by atoms with Crippen molar-refractivity contribution >= 4 is 17.5 Å². The van der Waals surface area contributed by atoms with E-state index in [1.54, 1.807) is 12.4 Å². The largest absolute Gasteiger partial charge is 0.365 e. The van der Waals surface area contributed by atoms with Crippen molar-refractivity contribution < 1.29 is 9.59 Å². The van der Waals surface area contributed by atoms with Crippen LogP contribution < -0.4 is 10.2 Å². The molecule has 1 aromatic heterocycles. The van der Waals surface area contributed by atoms with E-state index < -0.39 is 0 Å². The summed E-state index contributed by atoms with van der Waals surface area (Å²) in [5, 5.41) is 3.13. The van der Waals surface area contributed by atoms with Crippen molar-refractivity contribution in [2.75, 3.05) is 44.2 Å². The zero-order valence-corrected chi connectivity index (χ0v) is 18.4. The summed E-state index contributed by atoms with van der Waals surface area (Å²) in [5.74, 6) is 0.155. The van der Waals surface area contributed by atoms with Crippen LogP contribution in [0.5, 0.6) is 0 Å². The molecule has 5 rings (SSSR count). The number of para-hydroxylation sites is 1. The van der Waals surface area contributed by atoms with Gasteiger partial charge in [0, 0.05) is 57.3 Å². The minimum Gasteiger partial charge on any atom is -0.365 e. The van der Waals surface area contributed by atoms with Gasteiger partial charge in [-0.15, -0.1) is 0 Å². The standard InChI is InChI=1S/C25H31N5O2/c31-24(29-10-3-4-11-29)18-28-12-13-30-22-8-2-1-7-20(22)14-21(23(30)17-28)25(32)27-16-19-6-5-9-26-15-19/h1-2,5-9,15,21,23H,3-4,10-14,16-18H2,(H,27,32)/t21-,23-/m1/s1. The van der Waals surface area contributed by atoms with Gasteiger partial charge in [-0.3, -0.25) is 19.5 Å². The van der Waals surface area contributed by atoms with Crippen molar-refractivity contribution in [2.24, 2.45) is 5.92 Å². The second-order valence-corrected chi connectivity index (χ2v) is 9.10. The molecule has 0 saturated carbocycles. The third-order valence-electron chi connectivity index (χ3n) is 7.05. The highest BCUT2D eigenvalue weighted by molar-refractivity contribution is 5.82. The minimum atomic E-state index is -0.147. The van der Waals surface area contributed by atoms with Crippen molar-refractivity contribution in [3.05, 3.63) is 59.9 Å². The van der Waals surface area contributed by atoms with Crippen LogP contribution in [-0.2, 0) is 22.6 Å². The quantitative estimate of drug-likeness (QED) is 0.777. The first kappa shape index (κ1) is 20.9. The monoisotopic (exact) mass is 433 g/mol. The molecule has 0 bridgehead atoms. The van der Waals surface area contributed by atoms with Gasteiger partial charge in [-0.1, -0.05) is 24.3 Å². The molecule has 7 nitrogen and oxygen atoms in total. The Morgan fingerprint density at radius 2 is 1.88 bits per heavy atom. The molecule has 2 saturated heterocycles. The van der Waals surface area contributed by atoms with Gasteiger partial charge in [-0.2, -0.15) is 0 Å². The Hall–Kier alpha value is -2.93. The van der Waals surface area contributed by atoms with Crippen LogP contribution in [-0.4, -0.2) is 71.9 Å². The topological polar surface area (TPSA) is 68.8 Å². The lowest BCUT2D eigenvalue weighted by molar-refractivity contribution is -0.131. The van der Waals surface area contributed by atoms with E-state index >= 15 is 0 Å². The molecular weight excluding hydrogens is 402 g/mol. The zero-order chi connectivity index (χ0) is 21.9. The SMILES string of the molecule is O=C(NCc1cccnc1)[C@@H]1Cc2ccccc2N2CCN(CC(=O)N3CCCC3)C[C@H]12. The number of amides is 2. The average molecular weight is 434 g/mol. The summed E-state index contributed by atoms with van der Waals surface area (Å²) < 4.78 is 0. The molecule has 2 amide bonds. The normalized spacial score (nSPS) is 22.9.